The maximum atomic E-state index is 6.44. The zero-order valence-electron chi connectivity index (χ0n) is 41.6. The summed E-state index contributed by atoms with van der Waals surface area (Å²) < 4.78 is 8.78. The van der Waals surface area contributed by atoms with Gasteiger partial charge in [-0.25, -0.2) is 4.98 Å². The van der Waals surface area contributed by atoms with E-state index in [9.17, 15) is 0 Å². The van der Waals surface area contributed by atoms with Crippen LogP contribution in [0.15, 0.2) is 126 Å². The van der Waals surface area contributed by atoms with Gasteiger partial charge in [-0.05, 0) is 119 Å². The van der Waals surface area contributed by atoms with Crippen LogP contribution in [0.3, 0.4) is 0 Å². The van der Waals surface area contributed by atoms with Crippen LogP contribution in [0.1, 0.15) is 119 Å². The van der Waals surface area contributed by atoms with Crippen LogP contribution in [0.5, 0.6) is 0 Å². The Morgan fingerprint density at radius 3 is 2.10 bits per heavy atom. The molecule has 0 unspecified atom stereocenters. The number of imidazole rings is 1. The third kappa shape index (κ3) is 10.1. The number of para-hydroxylation sites is 2. The third-order valence-corrected chi connectivity index (χ3v) is 15.6. The molecule has 0 spiro atoms. The molecular weight excluding hydrogens is 1030 g/mol. The minimum absolute atomic E-state index is 0. The molecule has 5 nitrogen and oxygen atoms in total. The molecule has 0 bridgehead atoms. The normalized spacial score (nSPS) is 13.4. The van der Waals surface area contributed by atoms with Gasteiger partial charge < -0.3 is 14.0 Å². The molecule has 0 saturated heterocycles. The van der Waals surface area contributed by atoms with Gasteiger partial charge in [-0.2, -0.15) is 0 Å². The average Bonchev–Trinajstić information content (AvgIpc) is 3.89. The fourth-order valence-corrected chi connectivity index (χ4v) is 11.8. The molecule has 1 radical (unpaired) electrons. The number of rotatable bonds is 10. The van der Waals surface area contributed by atoms with Crippen molar-refractivity contribution in [2.45, 2.75) is 124 Å². The van der Waals surface area contributed by atoms with Gasteiger partial charge in [0.1, 0.15) is 0 Å². The van der Waals surface area contributed by atoms with Crippen molar-refractivity contribution >= 4 is 46.4 Å². The summed E-state index contributed by atoms with van der Waals surface area (Å²) in [7, 11) is -1.38. The van der Waals surface area contributed by atoms with Crippen molar-refractivity contribution in [3.05, 3.63) is 162 Å². The summed E-state index contributed by atoms with van der Waals surface area (Å²) in [6.45, 7) is 23.0. The number of hydrogen-bond donors (Lipinski definition) is 0. The number of aryl methyl sites for hydroxylation is 1. The summed E-state index contributed by atoms with van der Waals surface area (Å²) in [5, 5.41) is 3.53. The van der Waals surface area contributed by atoms with E-state index in [2.05, 4.69) is 186 Å². The Balaban J connectivity index is 0.000000201. The topological polar surface area (TPSA) is 56.7 Å². The Kier molecular flexibility index (Phi) is 14.9. The standard InChI is InChI=1S/C37H32N3O.C24H34NSi.Ir/c1-22(2)30-20-26(25-12-7-6-8-13-25)21-31(23(3)4)34(30)40-33-17-10-9-16-32(33)39-36(40)29-15-11-14-27-28-19-18-24(5)38-37(28)41-35(27)29;1-18(2)14-22-16-23(25-17-24(22)26(3,4)5)21-13-9-12-20(15-21)19-10-7-6-8-11-19;/h6-14,16-23H,1-5H3;9,12,15-19H,6-8,10-11,14H2,1-5H3;/q2*-1;. The Labute approximate surface area is 419 Å². The van der Waals surface area contributed by atoms with Gasteiger partial charge in [0.15, 0.2) is 0 Å². The number of nitrogens with zero attached hydrogens (tertiary/aromatic N) is 4. The van der Waals surface area contributed by atoms with Crippen molar-refractivity contribution in [2.24, 2.45) is 5.92 Å². The predicted molar refractivity (Wildman–Crippen MR) is 285 cm³/mol. The van der Waals surface area contributed by atoms with E-state index < -0.39 is 8.07 Å². The van der Waals surface area contributed by atoms with E-state index in [1.165, 1.54) is 81.9 Å². The van der Waals surface area contributed by atoms with Crippen molar-refractivity contribution in [1.82, 2.24) is 19.5 Å². The largest absolute Gasteiger partial charge is 0.486 e. The molecule has 0 aliphatic heterocycles. The summed E-state index contributed by atoms with van der Waals surface area (Å²) in [5.41, 5.74) is 16.6. The second kappa shape index (κ2) is 20.6. The predicted octanol–water partition coefficient (Wildman–Crippen LogP) is 16.3. The molecular formula is C61H66IrN4OSi-2. The minimum atomic E-state index is -1.38. The molecule has 10 rings (SSSR count). The van der Waals surface area contributed by atoms with Crippen LogP contribution in [0.4, 0.5) is 0 Å². The molecule has 1 fully saturated rings. The minimum Gasteiger partial charge on any atom is -0.486 e. The van der Waals surface area contributed by atoms with Gasteiger partial charge in [0, 0.05) is 43.1 Å². The number of hydrogen-bond acceptors (Lipinski definition) is 4. The summed E-state index contributed by atoms with van der Waals surface area (Å²) in [5.74, 6) is 2.80. The maximum absolute atomic E-state index is 6.44. The van der Waals surface area contributed by atoms with Crippen molar-refractivity contribution in [2.75, 3.05) is 0 Å². The molecule has 4 aromatic heterocycles. The third-order valence-electron chi connectivity index (χ3n) is 13.6. The van der Waals surface area contributed by atoms with Crippen LogP contribution in [-0.4, -0.2) is 27.6 Å². The van der Waals surface area contributed by atoms with Crippen molar-refractivity contribution < 1.29 is 24.5 Å². The Morgan fingerprint density at radius 1 is 0.721 bits per heavy atom. The first kappa shape index (κ1) is 49.0. The first-order valence-corrected chi connectivity index (χ1v) is 28.2. The molecule has 1 saturated carbocycles. The maximum Gasteiger partial charge on any atom is 0.216 e. The number of furan rings is 1. The molecule has 0 atom stereocenters. The summed E-state index contributed by atoms with van der Waals surface area (Å²) in [6.07, 6.45) is 10.1. The molecule has 1 aliphatic carbocycles. The van der Waals surface area contributed by atoms with E-state index in [0.29, 0.717) is 23.5 Å². The van der Waals surface area contributed by atoms with Crippen LogP contribution in [0, 0.1) is 25.0 Å². The zero-order chi connectivity index (χ0) is 47.0. The summed E-state index contributed by atoms with van der Waals surface area (Å²) in [4.78, 5) is 14.8. The van der Waals surface area contributed by atoms with Gasteiger partial charge in [-0.15, -0.1) is 53.6 Å². The fourth-order valence-electron chi connectivity index (χ4n) is 10.2. The van der Waals surface area contributed by atoms with Gasteiger partial charge in [0.25, 0.3) is 0 Å². The zero-order valence-corrected chi connectivity index (χ0v) is 45.0. The van der Waals surface area contributed by atoms with E-state index in [1.807, 2.05) is 25.1 Å². The Morgan fingerprint density at radius 2 is 1.41 bits per heavy atom. The monoisotopic (exact) mass is 1090 g/mol. The van der Waals surface area contributed by atoms with E-state index in [1.54, 1.807) is 0 Å². The number of aromatic nitrogens is 4. The molecule has 351 valence electrons. The van der Waals surface area contributed by atoms with Crippen molar-refractivity contribution in [3.63, 3.8) is 0 Å². The van der Waals surface area contributed by atoms with Crippen LogP contribution in [0.25, 0.3) is 72.6 Å². The first-order valence-electron chi connectivity index (χ1n) is 24.7. The summed E-state index contributed by atoms with van der Waals surface area (Å²) in [6, 6.07) is 47.9. The van der Waals surface area contributed by atoms with Crippen molar-refractivity contribution in [1.29, 1.82) is 0 Å². The average molecular weight is 1090 g/mol. The second-order valence-electron chi connectivity index (χ2n) is 20.9. The van der Waals surface area contributed by atoms with Crippen LogP contribution in [0.2, 0.25) is 19.6 Å². The van der Waals surface area contributed by atoms with E-state index in [4.69, 9.17) is 14.4 Å². The molecule has 1 aliphatic rings. The first-order chi connectivity index (χ1) is 32.2. The smallest absolute Gasteiger partial charge is 0.216 e. The van der Waals surface area contributed by atoms with Gasteiger partial charge >= 0.3 is 0 Å². The molecule has 0 N–H and O–H groups in total. The van der Waals surface area contributed by atoms with Crippen LogP contribution in [-0.2, 0) is 26.5 Å². The molecule has 5 aromatic carbocycles. The molecule has 0 amide bonds. The fraction of sp³-hybridized carbons (Fsp3) is 0.328. The second-order valence-corrected chi connectivity index (χ2v) is 25.9. The Bertz CT molecular complexity index is 3160. The van der Waals surface area contributed by atoms with Crippen LogP contribution >= 0.6 is 0 Å². The molecule has 7 heteroatoms. The molecule has 9 aromatic rings. The van der Waals surface area contributed by atoms with Gasteiger partial charge in [-0.3, -0.25) is 4.98 Å². The SMILES string of the molecule is CC(C)Cc1cc(-c2[c-]ccc(C3CCCCC3)c2)ncc1[Si](C)(C)C.Cc1ccc2c(n1)oc1c(-c3nc4ccccc4n3-c3c(C(C)C)cc(-c4ccccc4)cc3C(C)C)[c-]ccc12.[Ir]. The van der Waals surface area contributed by atoms with Gasteiger partial charge in [0.05, 0.1) is 30.5 Å². The summed E-state index contributed by atoms with van der Waals surface area (Å²) >= 11 is 0. The Hall–Kier alpha value is -5.46. The quantitative estimate of drug-likeness (QED) is 0.101. The van der Waals surface area contributed by atoms with Gasteiger partial charge in [0.2, 0.25) is 5.71 Å². The van der Waals surface area contributed by atoms with E-state index in [0.717, 1.165) is 62.5 Å². The van der Waals surface area contributed by atoms with Gasteiger partial charge in [-0.1, -0.05) is 145 Å². The molecule has 68 heavy (non-hydrogen) atoms. The van der Waals surface area contributed by atoms with Crippen LogP contribution < -0.4 is 5.19 Å². The number of benzene rings is 5. The number of fused-ring (bicyclic) bond motifs is 4. The number of pyridine rings is 2. The van der Waals surface area contributed by atoms with E-state index >= 15 is 0 Å². The van der Waals surface area contributed by atoms with Crippen molar-refractivity contribution in [3.8, 4) is 39.5 Å². The van der Waals surface area contributed by atoms with E-state index in [-0.39, 0.29) is 20.1 Å². The molecule has 4 heterocycles.